The van der Waals surface area contributed by atoms with Crippen molar-refractivity contribution in [2.45, 2.75) is 141 Å². The van der Waals surface area contributed by atoms with Gasteiger partial charge in [-0.15, -0.1) is 0 Å². The maximum absolute atomic E-state index is 6.88. The summed E-state index contributed by atoms with van der Waals surface area (Å²) in [6.07, 6.45) is 18.8. The van der Waals surface area contributed by atoms with E-state index in [-0.39, 0.29) is 23.4 Å². The van der Waals surface area contributed by atoms with Gasteiger partial charge in [0.15, 0.2) is 0 Å². The van der Waals surface area contributed by atoms with Gasteiger partial charge in [-0.05, 0) is 26.7 Å². The number of rotatable bonds is 18. The average molecular weight is 383 g/mol. The Hall–Kier alpha value is -0.120. The lowest BCUT2D eigenvalue weighted by molar-refractivity contribution is -0.167. The quantitative estimate of drug-likeness (QED) is 0.193. The standard InChI is InChI=1S/C24H46O3/c1-5-7-9-11-13-15-17-23(3,21-19-25-21)27-24(4,22-20-26-22)18-16-14-12-10-8-6-2/h21-22H,5-20H2,1-4H3. The molecule has 0 aliphatic carbocycles. The van der Waals surface area contributed by atoms with Crippen molar-refractivity contribution in [2.24, 2.45) is 0 Å². The fraction of sp³-hybridized carbons (Fsp3) is 1.00. The van der Waals surface area contributed by atoms with Crippen LogP contribution in [-0.4, -0.2) is 36.6 Å². The number of hydrogen-bond acceptors (Lipinski definition) is 3. The number of hydrogen-bond donors (Lipinski definition) is 0. The summed E-state index contributed by atoms with van der Waals surface area (Å²) in [7, 11) is 0. The molecule has 2 aliphatic rings. The number of epoxide rings is 2. The van der Waals surface area contributed by atoms with Crippen molar-refractivity contribution >= 4 is 0 Å². The Labute approximate surface area is 168 Å². The van der Waals surface area contributed by atoms with E-state index >= 15 is 0 Å². The topological polar surface area (TPSA) is 34.3 Å². The second-order valence-corrected chi connectivity index (χ2v) is 9.41. The highest BCUT2D eigenvalue weighted by Crippen LogP contribution is 2.42. The molecule has 4 atom stereocenters. The summed E-state index contributed by atoms with van der Waals surface area (Å²) in [5, 5.41) is 0. The van der Waals surface area contributed by atoms with Crippen LogP contribution in [0.5, 0.6) is 0 Å². The van der Waals surface area contributed by atoms with Crippen LogP contribution in [0.15, 0.2) is 0 Å². The van der Waals surface area contributed by atoms with E-state index in [1.807, 2.05) is 0 Å². The van der Waals surface area contributed by atoms with Crippen molar-refractivity contribution in [3.63, 3.8) is 0 Å². The van der Waals surface area contributed by atoms with E-state index < -0.39 is 0 Å². The molecule has 27 heavy (non-hydrogen) atoms. The Morgan fingerprint density at radius 3 is 1.30 bits per heavy atom. The summed E-state index contributed by atoms with van der Waals surface area (Å²) in [5.41, 5.74) is -0.290. The second-order valence-electron chi connectivity index (χ2n) is 9.41. The smallest absolute Gasteiger partial charge is 0.110 e. The minimum absolute atomic E-state index is 0.145. The summed E-state index contributed by atoms with van der Waals surface area (Å²) >= 11 is 0. The van der Waals surface area contributed by atoms with Gasteiger partial charge in [0.25, 0.3) is 0 Å². The zero-order chi connectivity index (χ0) is 19.6. The monoisotopic (exact) mass is 382 g/mol. The van der Waals surface area contributed by atoms with Crippen LogP contribution in [0, 0.1) is 0 Å². The van der Waals surface area contributed by atoms with E-state index in [1.165, 1.54) is 77.0 Å². The summed E-state index contributed by atoms with van der Waals surface area (Å²) < 4.78 is 18.3. The fourth-order valence-corrected chi connectivity index (χ4v) is 4.40. The van der Waals surface area contributed by atoms with Crippen molar-refractivity contribution in [1.82, 2.24) is 0 Å². The van der Waals surface area contributed by atoms with E-state index in [1.54, 1.807) is 0 Å². The minimum Gasteiger partial charge on any atom is -0.370 e. The van der Waals surface area contributed by atoms with Crippen LogP contribution in [0.2, 0.25) is 0 Å². The highest BCUT2D eigenvalue weighted by atomic mass is 16.6. The van der Waals surface area contributed by atoms with Crippen LogP contribution in [0.3, 0.4) is 0 Å². The molecule has 0 saturated carbocycles. The maximum atomic E-state index is 6.88. The van der Waals surface area contributed by atoms with E-state index in [0.29, 0.717) is 0 Å². The van der Waals surface area contributed by atoms with Crippen molar-refractivity contribution < 1.29 is 14.2 Å². The Bertz CT molecular complexity index is 355. The van der Waals surface area contributed by atoms with Crippen LogP contribution in [0.1, 0.15) is 118 Å². The van der Waals surface area contributed by atoms with Crippen LogP contribution < -0.4 is 0 Å². The zero-order valence-corrected chi connectivity index (χ0v) is 18.7. The molecule has 2 rings (SSSR count). The summed E-state index contributed by atoms with van der Waals surface area (Å²) in [5.74, 6) is 0. The molecule has 3 nitrogen and oxygen atoms in total. The second kappa shape index (κ2) is 11.8. The van der Waals surface area contributed by atoms with Crippen LogP contribution in [0.4, 0.5) is 0 Å². The third-order valence-corrected chi connectivity index (χ3v) is 6.55. The predicted molar refractivity (Wildman–Crippen MR) is 113 cm³/mol. The first-order chi connectivity index (χ1) is 13.0. The SMILES string of the molecule is CCCCCCCCC(C)(OC(C)(CCCCCCCC)C1CO1)C1CO1. The molecule has 0 amide bonds. The molecule has 0 N–H and O–H groups in total. The Morgan fingerprint density at radius 1 is 0.630 bits per heavy atom. The normalized spacial score (nSPS) is 25.8. The van der Waals surface area contributed by atoms with Gasteiger partial charge < -0.3 is 14.2 Å². The molecule has 3 heteroatoms. The van der Waals surface area contributed by atoms with E-state index in [2.05, 4.69) is 27.7 Å². The fourth-order valence-electron chi connectivity index (χ4n) is 4.40. The summed E-state index contributed by atoms with van der Waals surface area (Å²) in [4.78, 5) is 0. The molecule has 0 bridgehead atoms. The Kier molecular flexibility index (Phi) is 10.1. The van der Waals surface area contributed by atoms with E-state index in [9.17, 15) is 0 Å². The molecule has 0 spiro atoms. The Balaban J connectivity index is 1.77. The van der Waals surface area contributed by atoms with E-state index in [0.717, 1.165) is 26.1 Å². The van der Waals surface area contributed by atoms with Gasteiger partial charge in [0.05, 0.1) is 24.4 Å². The van der Waals surface area contributed by atoms with Gasteiger partial charge in [-0.1, -0.05) is 90.9 Å². The van der Waals surface area contributed by atoms with Gasteiger partial charge >= 0.3 is 0 Å². The van der Waals surface area contributed by atoms with E-state index in [4.69, 9.17) is 14.2 Å². The van der Waals surface area contributed by atoms with Gasteiger partial charge in [-0.25, -0.2) is 0 Å². The minimum atomic E-state index is -0.145. The highest BCUT2D eigenvalue weighted by Gasteiger charge is 2.52. The molecule has 0 aromatic carbocycles. The van der Waals surface area contributed by atoms with Gasteiger partial charge in [0.2, 0.25) is 0 Å². The number of unbranched alkanes of at least 4 members (excludes halogenated alkanes) is 10. The molecule has 160 valence electrons. The molecule has 4 unspecified atom stereocenters. The molecule has 0 aromatic heterocycles. The average Bonchev–Trinajstić information content (AvgIpc) is 3.50. The van der Waals surface area contributed by atoms with Crippen molar-refractivity contribution in [3.8, 4) is 0 Å². The van der Waals surface area contributed by atoms with Crippen LogP contribution in [-0.2, 0) is 14.2 Å². The molecular formula is C24H46O3. The summed E-state index contributed by atoms with van der Waals surface area (Å²) in [6.45, 7) is 10.9. The molecule has 2 saturated heterocycles. The van der Waals surface area contributed by atoms with Crippen LogP contribution in [0.25, 0.3) is 0 Å². The molecule has 2 heterocycles. The van der Waals surface area contributed by atoms with Crippen molar-refractivity contribution in [1.29, 1.82) is 0 Å². The van der Waals surface area contributed by atoms with Gasteiger partial charge in [-0.2, -0.15) is 0 Å². The van der Waals surface area contributed by atoms with Crippen molar-refractivity contribution in [3.05, 3.63) is 0 Å². The molecular weight excluding hydrogens is 336 g/mol. The molecule has 0 radical (unpaired) electrons. The van der Waals surface area contributed by atoms with Gasteiger partial charge in [-0.3, -0.25) is 0 Å². The lowest BCUT2D eigenvalue weighted by Crippen LogP contribution is -2.48. The lowest BCUT2D eigenvalue weighted by atomic mass is 9.89. The Morgan fingerprint density at radius 2 is 0.963 bits per heavy atom. The zero-order valence-electron chi connectivity index (χ0n) is 18.7. The van der Waals surface area contributed by atoms with Crippen LogP contribution >= 0.6 is 0 Å². The number of ether oxygens (including phenoxy) is 3. The summed E-state index contributed by atoms with van der Waals surface area (Å²) in [6, 6.07) is 0. The highest BCUT2D eigenvalue weighted by molar-refractivity contribution is 5.00. The first kappa shape index (κ1) is 23.2. The molecule has 2 aliphatic heterocycles. The van der Waals surface area contributed by atoms with Gasteiger partial charge in [0.1, 0.15) is 12.2 Å². The largest absolute Gasteiger partial charge is 0.370 e. The predicted octanol–water partition coefficient (Wildman–Crippen LogP) is 6.82. The third-order valence-electron chi connectivity index (χ3n) is 6.55. The third kappa shape index (κ3) is 8.41. The molecule has 0 aromatic rings. The maximum Gasteiger partial charge on any atom is 0.110 e. The van der Waals surface area contributed by atoms with Crippen molar-refractivity contribution in [2.75, 3.05) is 13.2 Å². The first-order valence-electron chi connectivity index (χ1n) is 12.0. The first-order valence-corrected chi connectivity index (χ1v) is 12.0. The van der Waals surface area contributed by atoms with Gasteiger partial charge in [0, 0.05) is 0 Å². The molecule has 2 fully saturated rings. The lowest BCUT2D eigenvalue weighted by Gasteiger charge is -2.39.